The Balaban J connectivity index is 1.65. The van der Waals surface area contributed by atoms with Gasteiger partial charge in [0, 0.05) is 17.6 Å². The quantitative estimate of drug-likeness (QED) is 0.753. The van der Waals surface area contributed by atoms with Gasteiger partial charge in [0.2, 0.25) is 0 Å². The van der Waals surface area contributed by atoms with Crippen LogP contribution < -0.4 is 14.8 Å². The summed E-state index contributed by atoms with van der Waals surface area (Å²) >= 11 is 0. The fourth-order valence-electron chi connectivity index (χ4n) is 3.43. The van der Waals surface area contributed by atoms with E-state index in [1.165, 1.54) is 0 Å². The highest BCUT2D eigenvalue weighted by Gasteiger charge is 2.26. The molecule has 0 unspecified atom stereocenters. The lowest BCUT2D eigenvalue weighted by Crippen LogP contribution is -2.25. The minimum absolute atomic E-state index is 0.0722. The van der Waals surface area contributed by atoms with Crippen molar-refractivity contribution < 1.29 is 14.3 Å². The Kier molecular flexibility index (Phi) is 3.96. The first-order valence-corrected chi connectivity index (χ1v) is 9.69. The van der Waals surface area contributed by atoms with Crippen molar-refractivity contribution >= 4 is 16.9 Å². The molecular weight excluding hydrogens is 356 g/mol. The van der Waals surface area contributed by atoms with E-state index >= 15 is 0 Å². The molecule has 2 aromatic heterocycles. The van der Waals surface area contributed by atoms with Crippen LogP contribution in [0.3, 0.4) is 0 Å². The average Bonchev–Trinajstić information content (AvgIpc) is 3.41. The van der Waals surface area contributed by atoms with Gasteiger partial charge in [-0.05, 0) is 51.0 Å². The maximum atomic E-state index is 12.9. The SMILES string of the molecule is CC(C)n1ncc2c(C(=O)NC3CC3)cc(-c3ccc4c(c3)OCCO4)nc21. The molecule has 1 fully saturated rings. The Morgan fingerprint density at radius 3 is 2.71 bits per heavy atom. The van der Waals surface area contributed by atoms with E-state index in [4.69, 9.17) is 14.5 Å². The van der Waals surface area contributed by atoms with E-state index in [2.05, 4.69) is 24.3 Å². The number of hydrogen-bond acceptors (Lipinski definition) is 5. The molecule has 1 amide bonds. The van der Waals surface area contributed by atoms with Crippen molar-refractivity contribution in [3.05, 3.63) is 36.0 Å². The highest BCUT2D eigenvalue weighted by molar-refractivity contribution is 6.06. The van der Waals surface area contributed by atoms with Crippen LogP contribution in [0.15, 0.2) is 30.5 Å². The van der Waals surface area contributed by atoms with E-state index < -0.39 is 0 Å². The molecule has 0 bridgehead atoms. The Hall–Kier alpha value is -3.09. The van der Waals surface area contributed by atoms with Crippen molar-refractivity contribution in [2.45, 2.75) is 38.8 Å². The summed E-state index contributed by atoms with van der Waals surface area (Å²) < 4.78 is 13.2. The molecule has 1 aromatic carbocycles. The van der Waals surface area contributed by atoms with Gasteiger partial charge in [-0.15, -0.1) is 0 Å². The lowest BCUT2D eigenvalue weighted by molar-refractivity contribution is 0.0952. The summed E-state index contributed by atoms with van der Waals surface area (Å²) in [5.41, 5.74) is 2.91. The summed E-state index contributed by atoms with van der Waals surface area (Å²) in [4.78, 5) is 17.7. The van der Waals surface area contributed by atoms with Crippen LogP contribution in [0.5, 0.6) is 11.5 Å². The molecule has 0 radical (unpaired) electrons. The summed E-state index contributed by atoms with van der Waals surface area (Å²) in [6.45, 7) is 5.18. The van der Waals surface area contributed by atoms with Crippen LogP contribution in [-0.4, -0.2) is 39.9 Å². The van der Waals surface area contributed by atoms with Gasteiger partial charge in [-0.1, -0.05) is 0 Å². The zero-order chi connectivity index (χ0) is 19.3. The van der Waals surface area contributed by atoms with E-state index in [1.807, 2.05) is 28.9 Å². The fourth-order valence-corrected chi connectivity index (χ4v) is 3.43. The van der Waals surface area contributed by atoms with Gasteiger partial charge in [0.15, 0.2) is 17.1 Å². The van der Waals surface area contributed by atoms with Gasteiger partial charge in [-0.3, -0.25) is 4.79 Å². The number of ether oxygens (including phenoxy) is 2. The molecule has 7 heteroatoms. The van der Waals surface area contributed by atoms with Gasteiger partial charge in [0.05, 0.1) is 22.8 Å². The van der Waals surface area contributed by atoms with Crippen molar-refractivity contribution in [1.29, 1.82) is 0 Å². The second-order valence-corrected chi connectivity index (χ2v) is 7.58. The number of fused-ring (bicyclic) bond motifs is 2. The first-order valence-electron chi connectivity index (χ1n) is 9.69. The lowest BCUT2D eigenvalue weighted by atomic mass is 10.1. The van der Waals surface area contributed by atoms with E-state index in [1.54, 1.807) is 6.20 Å². The summed E-state index contributed by atoms with van der Waals surface area (Å²) in [6, 6.07) is 8.02. The predicted octanol–water partition coefficient (Wildman–Crippen LogP) is 3.34. The molecule has 144 valence electrons. The van der Waals surface area contributed by atoms with E-state index in [-0.39, 0.29) is 18.0 Å². The molecule has 0 spiro atoms. The molecule has 28 heavy (non-hydrogen) atoms. The number of rotatable bonds is 4. The summed E-state index contributed by atoms with van der Waals surface area (Å²) in [5.74, 6) is 1.36. The molecule has 1 saturated carbocycles. The average molecular weight is 378 g/mol. The number of nitrogens with one attached hydrogen (secondary N) is 1. The molecule has 7 nitrogen and oxygen atoms in total. The van der Waals surface area contributed by atoms with Crippen LogP contribution in [0, 0.1) is 0 Å². The third-order valence-corrected chi connectivity index (χ3v) is 5.05. The monoisotopic (exact) mass is 378 g/mol. The fraction of sp³-hybridized carbons (Fsp3) is 0.381. The first kappa shape index (κ1) is 17.0. The van der Waals surface area contributed by atoms with E-state index in [0.29, 0.717) is 35.9 Å². The van der Waals surface area contributed by atoms with Crippen LogP contribution in [0.25, 0.3) is 22.3 Å². The zero-order valence-electron chi connectivity index (χ0n) is 15.9. The Morgan fingerprint density at radius 1 is 1.18 bits per heavy atom. The Morgan fingerprint density at radius 2 is 1.96 bits per heavy atom. The number of carbonyl (C=O) groups excluding carboxylic acids is 1. The first-order chi connectivity index (χ1) is 13.6. The number of pyridine rings is 1. The topological polar surface area (TPSA) is 78.3 Å². The highest BCUT2D eigenvalue weighted by Crippen LogP contribution is 2.35. The van der Waals surface area contributed by atoms with Crippen LogP contribution in [0.1, 0.15) is 43.1 Å². The van der Waals surface area contributed by atoms with Crippen LogP contribution >= 0.6 is 0 Å². The Bertz CT molecular complexity index is 1070. The van der Waals surface area contributed by atoms with Crippen molar-refractivity contribution in [1.82, 2.24) is 20.1 Å². The zero-order valence-corrected chi connectivity index (χ0v) is 15.9. The minimum atomic E-state index is -0.0722. The molecule has 1 aliphatic carbocycles. The van der Waals surface area contributed by atoms with E-state index in [9.17, 15) is 4.79 Å². The second kappa shape index (κ2) is 6.51. The van der Waals surface area contributed by atoms with Gasteiger partial charge >= 0.3 is 0 Å². The molecule has 0 saturated heterocycles. The summed E-state index contributed by atoms with van der Waals surface area (Å²) in [5, 5.41) is 8.32. The van der Waals surface area contributed by atoms with Crippen LogP contribution in [0.2, 0.25) is 0 Å². The van der Waals surface area contributed by atoms with Crippen LogP contribution in [-0.2, 0) is 0 Å². The normalized spacial score (nSPS) is 15.8. The van der Waals surface area contributed by atoms with Gasteiger partial charge in [-0.25, -0.2) is 9.67 Å². The van der Waals surface area contributed by atoms with Crippen molar-refractivity contribution in [2.75, 3.05) is 13.2 Å². The molecule has 0 atom stereocenters. The molecule has 2 aliphatic rings. The standard InChI is InChI=1S/C21H22N4O3/c1-12(2)25-20-16(11-22-25)15(21(26)23-14-4-5-14)10-17(24-20)13-3-6-18-19(9-13)28-8-7-27-18/h3,6,9-12,14H,4-5,7-8H2,1-2H3,(H,23,26). The molecule has 3 aromatic rings. The highest BCUT2D eigenvalue weighted by atomic mass is 16.6. The van der Waals surface area contributed by atoms with Crippen molar-refractivity contribution in [2.24, 2.45) is 0 Å². The maximum absolute atomic E-state index is 12.9. The minimum Gasteiger partial charge on any atom is -0.486 e. The van der Waals surface area contributed by atoms with Crippen molar-refractivity contribution in [3.63, 3.8) is 0 Å². The predicted molar refractivity (Wildman–Crippen MR) is 105 cm³/mol. The maximum Gasteiger partial charge on any atom is 0.252 e. The number of benzene rings is 1. The lowest BCUT2D eigenvalue weighted by Gasteiger charge is -2.19. The number of amides is 1. The number of carbonyl (C=O) groups is 1. The molecule has 5 rings (SSSR count). The van der Waals surface area contributed by atoms with Gasteiger partial charge in [0.25, 0.3) is 5.91 Å². The third-order valence-electron chi connectivity index (χ3n) is 5.05. The van der Waals surface area contributed by atoms with Crippen LogP contribution in [0.4, 0.5) is 0 Å². The molecule has 1 aliphatic heterocycles. The number of nitrogens with zero attached hydrogens (tertiary/aromatic N) is 3. The molecule has 3 heterocycles. The molecular formula is C21H22N4O3. The summed E-state index contributed by atoms with van der Waals surface area (Å²) in [7, 11) is 0. The Labute approximate surface area is 162 Å². The van der Waals surface area contributed by atoms with Gasteiger partial charge in [0.1, 0.15) is 13.2 Å². The smallest absolute Gasteiger partial charge is 0.252 e. The van der Waals surface area contributed by atoms with Gasteiger partial charge in [-0.2, -0.15) is 5.10 Å². The third kappa shape index (κ3) is 2.96. The summed E-state index contributed by atoms with van der Waals surface area (Å²) in [6.07, 6.45) is 3.82. The van der Waals surface area contributed by atoms with Gasteiger partial charge < -0.3 is 14.8 Å². The largest absolute Gasteiger partial charge is 0.486 e. The number of hydrogen-bond donors (Lipinski definition) is 1. The van der Waals surface area contributed by atoms with E-state index in [0.717, 1.165) is 29.5 Å². The second-order valence-electron chi connectivity index (χ2n) is 7.58. The number of aromatic nitrogens is 3. The molecule has 1 N–H and O–H groups in total. The van der Waals surface area contributed by atoms with Crippen molar-refractivity contribution in [3.8, 4) is 22.8 Å².